The van der Waals surface area contributed by atoms with Gasteiger partial charge in [-0.05, 0) is 61.3 Å². The van der Waals surface area contributed by atoms with E-state index in [9.17, 15) is 4.79 Å². The van der Waals surface area contributed by atoms with Crippen LogP contribution >= 0.6 is 0 Å². The minimum atomic E-state index is 0.0917. The summed E-state index contributed by atoms with van der Waals surface area (Å²) in [5.74, 6) is 2.47. The summed E-state index contributed by atoms with van der Waals surface area (Å²) >= 11 is 0. The molecule has 180 valence electrons. The van der Waals surface area contributed by atoms with Gasteiger partial charge in [0.2, 0.25) is 0 Å². The minimum Gasteiger partial charge on any atom is -0.495 e. The van der Waals surface area contributed by atoms with Crippen LogP contribution in [0.15, 0.2) is 18.2 Å². The van der Waals surface area contributed by atoms with Gasteiger partial charge in [-0.2, -0.15) is 0 Å². The number of aromatic nitrogens is 1. The largest absolute Gasteiger partial charge is 0.495 e. The lowest BCUT2D eigenvalue weighted by Crippen LogP contribution is -2.52. The summed E-state index contributed by atoms with van der Waals surface area (Å²) in [7, 11) is 1.74. The van der Waals surface area contributed by atoms with Crippen LogP contribution in [0.25, 0.3) is 10.9 Å². The number of fused-ring (bicyclic) bond motifs is 3. The third kappa shape index (κ3) is 3.68. The number of amides is 1. The normalized spacial score (nSPS) is 29.0. The maximum Gasteiger partial charge on any atom is 0.253 e. The van der Waals surface area contributed by atoms with Crippen molar-refractivity contribution in [2.24, 2.45) is 22.7 Å². The first-order valence-corrected chi connectivity index (χ1v) is 13.2. The molecule has 0 radical (unpaired) electrons. The molecule has 4 nitrogen and oxygen atoms in total. The lowest BCUT2D eigenvalue weighted by Gasteiger charge is -2.43. The number of nitrogens with zero attached hydrogens (tertiary/aromatic N) is 1. The zero-order valence-electron chi connectivity index (χ0n) is 21.3. The Morgan fingerprint density at radius 2 is 1.91 bits per heavy atom. The van der Waals surface area contributed by atoms with E-state index in [1.807, 2.05) is 12.1 Å². The molecule has 3 aliphatic carbocycles. The Balaban J connectivity index is 1.49. The molecule has 1 unspecified atom stereocenters. The molecule has 1 amide bonds. The van der Waals surface area contributed by atoms with Gasteiger partial charge in [0.1, 0.15) is 5.75 Å². The topological polar surface area (TPSA) is 43.3 Å². The van der Waals surface area contributed by atoms with E-state index < -0.39 is 0 Å². The van der Waals surface area contributed by atoms with E-state index in [4.69, 9.17) is 4.74 Å². The average molecular weight is 451 g/mol. The molecule has 0 saturated heterocycles. The maximum absolute atomic E-state index is 13.9. The predicted octanol–water partition coefficient (Wildman–Crippen LogP) is 6.87. The van der Waals surface area contributed by atoms with Gasteiger partial charge in [-0.25, -0.2) is 0 Å². The van der Waals surface area contributed by atoms with Crippen LogP contribution < -0.4 is 10.1 Å². The third-order valence-corrected chi connectivity index (χ3v) is 9.78. The Morgan fingerprint density at radius 3 is 2.58 bits per heavy atom. The van der Waals surface area contributed by atoms with Crippen molar-refractivity contribution in [3.8, 4) is 5.75 Å². The number of nitrogens with one attached hydrogen (secondary N) is 1. The summed E-state index contributed by atoms with van der Waals surface area (Å²) in [6.07, 6.45) is 11.7. The molecule has 2 bridgehead atoms. The number of aryl methyl sites for hydroxylation is 1. The number of methoxy groups -OCH3 is 1. The molecule has 2 aromatic rings. The highest BCUT2D eigenvalue weighted by molar-refractivity contribution is 6.09. The monoisotopic (exact) mass is 450 g/mol. The van der Waals surface area contributed by atoms with Crippen LogP contribution in [0.3, 0.4) is 0 Å². The van der Waals surface area contributed by atoms with E-state index in [0.717, 1.165) is 40.4 Å². The fourth-order valence-corrected chi connectivity index (χ4v) is 7.88. The van der Waals surface area contributed by atoms with E-state index in [-0.39, 0.29) is 22.8 Å². The fourth-order valence-electron chi connectivity index (χ4n) is 7.88. The molecular formula is C29H42N2O2. The second-order valence-electron chi connectivity index (χ2n) is 12.1. The molecule has 3 aliphatic rings. The number of rotatable bonds is 6. The van der Waals surface area contributed by atoms with Gasteiger partial charge in [0, 0.05) is 23.7 Å². The molecule has 33 heavy (non-hydrogen) atoms. The van der Waals surface area contributed by atoms with Crippen molar-refractivity contribution in [2.45, 2.75) is 98.1 Å². The molecule has 3 fully saturated rings. The van der Waals surface area contributed by atoms with Gasteiger partial charge in [0.05, 0.1) is 18.2 Å². The Hall–Kier alpha value is -1.97. The van der Waals surface area contributed by atoms with Crippen molar-refractivity contribution in [3.63, 3.8) is 0 Å². The van der Waals surface area contributed by atoms with Crippen LogP contribution in [0.5, 0.6) is 5.75 Å². The highest BCUT2D eigenvalue weighted by Crippen LogP contribution is 2.62. The molecule has 3 saturated carbocycles. The number of ether oxygens (including phenoxy) is 1. The van der Waals surface area contributed by atoms with E-state index in [0.29, 0.717) is 5.92 Å². The van der Waals surface area contributed by atoms with Crippen molar-refractivity contribution in [1.82, 2.24) is 9.88 Å². The van der Waals surface area contributed by atoms with Crippen molar-refractivity contribution in [3.05, 3.63) is 29.5 Å². The Morgan fingerprint density at radius 1 is 1.15 bits per heavy atom. The molecule has 1 N–H and O–H groups in total. The average Bonchev–Trinajstić information content (AvgIpc) is 3.39. The van der Waals surface area contributed by atoms with E-state index in [1.54, 1.807) is 7.11 Å². The summed E-state index contributed by atoms with van der Waals surface area (Å²) < 4.78 is 8.14. The van der Waals surface area contributed by atoms with E-state index in [1.165, 1.54) is 57.8 Å². The Bertz CT molecular complexity index is 1040. The molecule has 3 atom stereocenters. The molecule has 1 aromatic carbocycles. The summed E-state index contributed by atoms with van der Waals surface area (Å²) in [6.45, 7) is 10.2. The number of carbonyl (C=O) groups excluding carboxylic acids is 1. The van der Waals surface area contributed by atoms with Gasteiger partial charge in [0.25, 0.3) is 5.91 Å². The quantitative estimate of drug-likeness (QED) is 0.522. The van der Waals surface area contributed by atoms with Gasteiger partial charge < -0.3 is 14.6 Å². The van der Waals surface area contributed by atoms with Crippen molar-refractivity contribution < 1.29 is 9.53 Å². The highest BCUT2D eigenvalue weighted by atomic mass is 16.5. The first kappa shape index (κ1) is 22.8. The maximum atomic E-state index is 13.9. The number of carbonyl (C=O) groups is 1. The number of benzene rings is 1. The summed E-state index contributed by atoms with van der Waals surface area (Å²) in [6, 6.07) is 6.37. The molecule has 1 heterocycles. The Kier molecular flexibility index (Phi) is 5.77. The molecule has 5 rings (SSSR count). The SMILES string of the molecule is COc1cccc2c(C(=O)N[C@@H]3C(C)(C)C4CC[C@@]3(C)C4)c(C)n(CCC3CCCCC3)c12. The van der Waals surface area contributed by atoms with Crippen molar-refractivity contribution in [1.29, 1.82) is 0 Å². The number of hydrogen-bond acceptors (Lipinski definition) is 2. The van der Waals surface area contributed by atoms with Gasteiger partial charge in [-0.3, -0.25) is 4.79 Å². The molecular weight excluding hydrogens is 408 g/mol. The number of para-hydroxylation sites is 1. The van der Waals surface area contributed by atoms with Gasteiger partial charge in [-0.1, -0.05) is 65.0 Å². The molecule has 4 heteroatoms. The lowest BCUT2D eigenvalue weighted by atomic mass is 9.68. The molecule has 0 spiro atoms. The fraction of sp³-hybridized carbons (Fsp3) is 0.690. The summed E-state index contributed by atoms with van der Waals surface area (Å²) in [4.78, 5) is 13.9. The van der Waals surface area contributed by atoms with E-state index >= 15 is 0 Å². The third-order valence-electron chi connectivity index (χ3n) is 9.78. The first-order chi connectivity index (χ1) is 15.8. The molecule has 1 aromatic heterocycles. The van der Waals surface area contributed by atoms with Gasteiger partial charge in [-0.15, -0.1) is 0 Å². The first-order valence-electron chi connectivity index (χ1n) is 13.2. The number of hydrogen-bond donors (Lipinski definition) is 1. The zero-order valence-corrected chi connectivity index (χ0v) is 21.3. The second-order valence-corrected chi connectivity index (χ2v) is 12.1. The van der Waals surface area contributed by atoms with Crippen molar-refractivity contribution in [2.75, 3.05) is 7.11 Å². The van der Waals surface area contributed by atoms with Crippen LogP contribution in [-0.2, 0) is 6.54 Å². The van der Waals surface area contributed by atoms with Gasteiger partial charge in [0.15, 0.2) is 0 Å². The standard InChI is InChI=1S/C29H42N2O2/c1-19-24(26(32)30-27-28(2,3)21-14-16-29(27,4)18-21)22-12-9-13-23(33-5)25(22)31(19)17-15-20-10-7-6-8-11-20/h9,12-13,20-21,27H,6-8,10-11,14-18H2,1-5H3,(H,30,32)/t21?,27-,29+/m1/s1. The molecule has 0 aliphatic heterocycles. The van der Waals surface area contributed by atoms with Crippen LogP contribution in [0.4, 0.5) is 0 Å². The lowest BCUT2D eigenvalue weighted by molar-refractivity contribution is 0.0738. The van der Waals surface area contributed by atoms with Crippen LogP contribution in [0, 0.1) is 29.6 Å². The van der Waals surface area contributed by atoms with Crippen LogP contribution in [-0.4, -0.2) is 23.6 Å². The van der Waals surface area contributed by atoms with Crippen LogP contribution in [0.1, 0.15) is 94.6 Å². The Labute approximate surface area is 199 Å². The smallest absolute Gasteiger partial charge is 0.253 e. The second kappa shape index (κ2) is 8.36. The van der Waals surface area contributed by atoms with Gasteiger partial charge >= 0.3 is 0 Å². The zero-order chi connectivity index (χ0) is 23.4. The minimum absolute atomic E-state index is 0.0917. The van der Waals surface area contributed by atoms with Crippen LogP contribution in [0.2, 0.25) is 0 Å². The summed E-state index contributed by atoms with van der Waals surface area (Å²) in [5, 5.41) is 4.58. The highest BCUT2D eigenvalue weighted by Gasteiger charge is 2.59. The summed E-state index contributed by atoms with van der Waals surface area (Å²) in [5.41, 5.74) is 3.36. The predicted molar refractivity (Wildman–Crippen MR) is 135 cm³/mol. The van der Waals surface area contributed by atoms with E-state index in [2.05, 4.69) is 43.6 Å². The van der Waals surface area contributed by atoms with Crippen molar-refractivity contribution >= 4 is 16.8 Å².